The number of nitro groups is 1. The van der Waals surface area contributed by atoms with Crippen LogP contribution >= 0.6 is 0 Å². The summed E-state index contributed by atoms with van der Waals surface area (Å²) in [6, 6.07) is 17.6. The van der Waals surface area contributed by atoms with Crippen LogP contribution in [0.2, 0.25) is 0 Å². The zero-order chi connectivity index (χ0) is 25.9. The second-order valence-corrected chi connectivity index (χ2v) is 9.42. The maximum Gasteiger partial charge on any atom is 0.287 e. The fourth-order valence-corrected chi connectivity index (χ4v) is 4.67. The molecule has 190 valence electrons. The smallest absolute Gasteiger partial charge is 0.287 e. The monoisotopic (exact) mass is 500 g/mol. The summed E-state index contributed by atoms with van der Waals surface area (Å²) in [5, 5.41) is 18.6. The number of benzene rings is 2. The molecule has 1 amide bonds. The van der Waals surface area contributed by atoms with Crippen LogP contribution in [-0.4, -0.2) is 47.0 Å². The van der Waals surface area contributed by atoms with Crippen LogP contribution in [0.3, 0.4) is 0 Å². The Morgan fingerprint density at radius 1 is 1.00 bits per heavy atom. The highest BCUT2D eigenvalue weighted by atomic mass is 16.6. The lowest BCUT2D eigenvalue weighted by molar-refractivity contribution is -0.384. The van der Waals surface area contributed by atoms with Gasteiger partial charge in [-0.2, -0.15) is 4.98 Å². The first-order valence-electron chi connectivity index (χ1n) is 12.2. The summed E-state index contributed by atoms with van der Waals surface area (Å²) in [6.07, 6.45) is 3.37. The molecule has 2 heterocycles. The summed E-state index contributed by atoms with van der Waals surface area (Å²) in [7, 11) is 3.94. The van der Waals surface area contributed by atoms with Gasteiger partial charge in [-0.1, -0.05) is 24.3 Å². The van der Waals surface area contributed by atoms with E-state index in [1.54, 1.807) is 24.3 Å². The number of furan rings is 1. The van der Waals surface area contributed by atoms with Crippen LogP contribution in [-0.2, 0) is 0 Å². The molecule has 0 saturated heterocycles. The van der Waals surface area contributed by atoms with Crippen molar-refractivity contribution in [3.8, 4) is 11.3 Å². The van der Waals surface area contributed by atoms with E-state index in [1.807, 2.05) is 43.3 Å². The second-order valence-electron chi connectivity index (χ2n) is 9.42. The molecular formula is C27H28N6O4. The highest BCUT2D eigenvalue weighted by molar-refractivity contribution is 5.92. The van der Waals surface area contributed by atoms with E-state index in [2.05, 4.69) is 10.6 Å². The summed E-state index contributed by atoms with van der Waals surface area (Å²) >= 11 is 0. The van der Waals surface area contributed by atoms with Gasteiger partial charge in [-0.05, 0) is 49.9 Å². The number of non-ortho nitro benzene ring substituents is 1. The normalized spacial score (nSPS) is 17.4. The first kappa shape index (κ1) is 24.2. The molecule has 0 aliphatic heterocycles. The summed E-state index contributed by atoms with van der Waals surface area (Å²) in [5.74, 6) is 1.79. The minimum Gasteiger partial charge on any atom is -0.451 e. The standard InChI is InChI=1S/C27H28N6O4/c1-32(2)25-21-8-3-4-9-22(21)30-27(31-25)29-19-12-10-18(11-13-19)28-26(34)24-15-14-23(37-24)17-6-5-7-20(16-17)33(35)36/h3-9,14-16,18-19H,10-13H2,1-2H3,(H,28,34)(H,29,30,31)/t18-,19+. The molecule has 1 aliphatic rings. The van der Waals surface area contributed by atoms with Crippen LogP contribution in [0.15, 0.2) is 65.1 Å². The number of para-hydroxylation sites is 1. The molecule has 2 N–H and O–H groups in total. The predicted octanol–water partition coefficient (Wildman–Crippen LogP) is 5.02. The number of hydrogen-bond acceptors (Lipinski definition) is 8. The van der Waals surface area contributed by atoms with E-state index < -0.39 is 4.92 Å². The summed E-state index contributed by atoms with van der Waals surface area (Å²) < 4.78 is 5.71. The van der Waals surface area contributed by atoms with Crippen LogP contribution in [0.1, 0.15) is 36.2 Å². The van der Waals surface area contributed by atoms with E-state index in [9.17, 15) is 14.9 Å². The zero-order valence-corrected chi connectivity index (χ0v) is 20.7. The largest absolute Gasteiger partial charge is 0.451 e. The van der Waals surface area contributed by atoms with Crippen molar-refractivity contribution in [2.75, 3.05) is 24.3 Å². The molecular weight excluding hydrogens is 472 g/mol. The number of nitrogens with zero attached hydrogens (tertiary/aromatic N) is 4. The Balaban J connectivity index is 1.18. The number of nitro benzene ring substituents is 1. The number of carbonyl (C=O) groups is 1. The number of amides is 1. The Labute approximate surface area is 213 Å². The Morgan fingerprint density at radius 3 is 2.51 bits per heavy atom. The van der Waals surface area contributed by atoms with Gasteiger partial charge < -0.3 is 20.0 Å². The molecule has 1 aliphatic carbocycles. The molecule has 0 bridgehead atoms. The van der Waals surface area contributed by atoms with Gasteiger partial charge in [-0.3, -0.25) is 14.9 Å². The first-order chi connectivity index (χ1) is 17.9. The quantitative estimate of drug-likeness (QED) is 0.268. The molecule has 4 aromatic rings. The lowest BCUT2D eigenvalue weighted by Crippen LogP contribution is -2.40. The Hall–Kier alpha value is -4.47. The summed E-state index contributed by atoms with van der Waals surface area (Å²) in [4.78, 5) is 34.8. The molecule has 37 heavy (non-hydrogen) atoms. The summed E-state index contributed by atoms with van der Waals surface area (Å²) in [5.41, 5.74) is 1.41. The molecule has 2 aromatic carbocycles. The van der Waals surface area contributed by atoms with Gasteiger partial charge in [0, 0.05) is 49.3 Å². The number of fused-ring (bicyclic) bond motifs is 1. The molecule has 10 heteroatoms. The van der Waals surface area contributed by atoms with Crippen molar-refractivity contribution in [1.29, 1.82) is 0 Å². The van der Waals surface area contributed by atoms with Gasteiger partial charge in [0.15, 0.2) is 5.76 Å². The first-order valence-corrected chi connectivity index (χ1v) is 12.2. The molecule has 0 unspecified atom stereocenters. The Bertz CT molecular complexity index is 1440. The third-order valence-electron chi connectivity index (χ3n) is 6.57. The lowest BCUT2D eigenvalue weighted by Gasteiger charge is -2.29. The van der Waals surface area contributed by atoms with Crippen molar-refractivity contribution in [2.24, 2.45) is 0 Å². The van der Waals surface area contributed by atoms with Crippen molar-refractivity contribution in [2.45, 2.75) is 37.8 Å². The molecule has 1 saturated carbocycles. The van der Waals surface area contributed by atoms with Gasteiger partial charge in [-0.25, -0.2) is 4.98 Å². The van der Waals surface area contributed by atoms with Gasteiger partial charge in [-0.15, -0.1) is 0 Å². The number of carbonyl (C=O) groups excluding carboxylic acids is 1. The topological polar surface area (TPSA) is 126 Å². The van der Waals surface area contributed by atoms with E-state index >= 15 is 0 Å². The Kier molecular flexibility index (Phi) is 6.72. The predicted molar refractivity (Wildman–Crippen MR) is 142 cm³/mol. The molecule has 0 atom stereocenters. The second kappa shape index (κ2) is 10.3. The van der Waals surface area contributed by atoms with Gasteiger partial charge in [0.1, 0.15) is 11.6 Å². The van der Waals surface area contributed by atoms with Gasteiger partial charge in [0.05, 0.1) is 10.4 Å². The number of nitrogens with one attached hydrogen (secondary N) is 2. The van der Waals surface area contributed by atoms with E-state index in [1.165, 1.54) is 12.1 Å². The summed E-state index contributed by atoms with van der Waals surface area (Å²) in [6.45, 7) is 0. The van der Waals surface area contributed by atoms with Crippen molar-refractivity contribution >= 4 is 34.3 Å². The van der Waals surface area contributed by atoms with Crippen molar-refractivity contribution in [1.82, 2.24) is 15.3 Å². The molecule has 0 radical (unpaired) electrons. The minimum atomic E-state index is -0.460. The average Bonchev–Trinajstić information content (AvgIpc) is 3.40. The minimum absolute atomic E-state index is 0.0303. The van der Waals surface area contributed by atoms with Crippen LogP contribution < -0.4 is 15.5 Å². The van der Waals surface area contributed by atoms with E-state index in [4.69, 9.17) is 14.4 Å². The fourth-order valence-electron chi connectivity index (χ4n) is 4.67. The fraction of sp³-hybridized carbons (Fsp3) is 0.296. The van der Waals surface area contributed by atoms with Crippen molar-refractivity contribution in [3.63, 3.8) is 0 Å². The number of hydrogen-bond donors (Lipinski definition) is 2. The number of aromatic nitrogens is 2. The lowest BCUT2D eigenvalue weighted by atomic mass is 9.91. The molecule has 5 rings (SSSR count). The van der Waals surface area contributed by atoms with Gasteiger partial charge in [0.2, 0.25) is 5.95 Å². The maximum absolute atomic E-state index is 12.8. The molecule has 2 aromatic heterocycles. The number of rotatable bonds is 7. The average molecular weight is 501 g/mol. The highest BCUT2D eigenvalue weighted by Gasteiger charge is 2.25. The highest BCUT2D eigenvalue weighted by Crippen LogP contribution is 2.28. The zero-order valence-electron chi connectivity index (χ0n) is 20.7. The molecule has 0 spiro atoms. The van der Waals surface area contributed by atoms with Crippen molar-refractivity contribution in [3.05, 3.63) is 76.5 Å². The molecule has 10 nitrogen and oxygen atoms in total. The van der Waals surface area contributed by atoms with Crippen LogP contribution in [0.5, 0.6) is 0 Å². The van der Waals surface area contributed by atoms with Crippen molar-refractivity contribution < 1.29 is 14.1 Å². The van der Waals surface area contributed by atoms with Crippen LogP contribution in [0.4, 0.5) is 17.5 Å². The van der Waals surface area contributed by atoms with Crippen LogP contribution in [0, 0.1) is 10.1 Å². The molecule has 1 fully saturated rings. The van der Waals surface area contributed by atoms with E-state index in [0.29, 0.717) is 17.3 Å². The third kappa shape index (κ3) is 5.37. The van der Waals surface area contributed by atoms with E-state index in [0.717, 1.165) is 42.4 Å². The maximum atomic E-state index is 12.8. The number of anilines is 2. The van der Waals surface area contributed by atoms with E-state index in [-0.39, 0.29) is 29.4 Å². The van der Waals surface area contributed by atoms with Gasteiger partial charge in [0.25, 0.3) is 11.6 Å². The van der Waals surface area contributed by atoms with Gasteiger partial charge >= 0.3 is 0 Å². The third-order valence-corrected chi connectivity index (χ3v) is 6.57. The SMILES string of the molecule is CN(C)c1nc(N[C@H]2CC[C@@H](NC(=O)c3ccc(-c4cccc([N+](=O)[O-])c4)o3)CC2)nc2ccccc12. The van der Waals surface area contributed by atoms with Crippen LogP contribution in [0.25, 0.3) is 22.2 Å². The Morgan fingerprint density at radius 2 is 1.76 bits per heavy atom.